The Labute approximate surface area is 88.9 Å². The maximum atomic E-state index is 3.44. The van der Waals surface area contributed by atoms with E-state index in [1.165, 1.54) is 11.3 Å². The summed E-state index contributed by atoms with van der Waals surface area (Å²) in [5.41, 5.74) is 2.64. The highest BCUT2D eigenvalue weighted by molar-refractivity contribution is 9.08. The largest absolute Gasteiger partial charge is 0.372 e. The highest BCUT2D eigenvalue weighted by Gasteiger charge is 1.99. The van der Waals surface area contributed by atoms with Crippen LogP contribution in [0.15, 0.2) is 24.3 Å². The Kier molecular flexibility index (Phi) is 4.29. The van der Waals surface area contributed by atoms with Crippen LogP contribution in [0.3, 0.4) is 0 Å². The highest BCUT2D eigenvalue weighted by Crippen LogP contribution is 2.15. The zero-order valence-corrected chi connectivity index (χ0v) is 9.84. The summed E-state index contributed by atoms with van der Waals surface area (Å²) >= 11 is 3.44. The van der Waals surface area contributed by atoms with Gasteiger partial charge in [-0.25, -0.2) is 0 Å². The molecule has 0 fully saturated rings. The van der Waals surface area contributed by atoms with Crippen molar-refractivity contribution in [2.75, 3.05) is 18.0 Å². The first-order valence-electron chi connectivity index (χ1n) is 4.71. The molecule has 0 atom stereocenters. The Bertz CT molecular complexity index is 239. The molecule has 72 valence electrons. The van der Waals surface area contributed by atoms with Gasteiger partial charge in [0.05, 0.1) is 0 Å². The molecule has 0 saturated carbocycles. The van der Waals surface area contributed by atoms with Gasteiger partial charge in [0, 0.05) is 24.1 Å². The van der Waals surface area contributed by atoms with Crippen LogP contribution in [-0.2, 0) is 5.33 Å². The van der Waals surface area contributed by atoms with Crippen molar-refractivity contribution in [3.05, 3.63) is 29.8 Å². The fourth-order valence-corrected chi connectivity index (χ4v) is 1.76. The van der Waals surface area contributed by atoms with Crippen LogP contribution in [0.4, 0.5) is 5.69 Å². The van der Waals surface area contributed by atoms with Gasteiger partial charge in [-0.2, -0.15) is 0 Å². The van der Waals surface area contributed by atoms with Crippen molar-refractivity contribution in [1.82, 2.24) is 0 Å². The van der Waals surface area contributed by atoms with Crippen molar-refractivity contribution < 1.29 is 0 Å². The average Bonchev–Trinajstić information content (AvgIpc) is 2.21. The van der Waals surface area contributed by atoms with E-state index in [0.717, 1.165) is 18.4 Å². The van der Waals surface area contributed by atoms with Crippen LogP contribution in [0, 0.1) is 0 Å². The minimum atomic E-state index is 0.936. The highest BCUT2D eigenvalue weighted by atomic mass is 79.9. The van der Waals surface area contributed by atoms with E-state index in [1.54, 1.807) is 0 Å². The molecule has 0 radical (unpaired) electrons. The second kappa shape index (κ2) is 5.28. The van der Waals surface area contributed by atoms with Crippen molar-refractivity contribution in [1.29, 1.82) is 0 Å². The molecule has 0 aromatic heterocycles. The number of benzene rings is 1. The number of halogens is 1. The molecule has 0 saturated heterocycles. The minimum absolute atomic E-state index is 0.936. The van der Waals surface area contributed by atoms with Crippen LogP contribution >= 0.6 is 15.9 Å². The van der Waals surface area contributed by atoms with Gasteiger partial charge in [0.15, 0.2) is 0 Å². The molecule has 13 heavy (non-hydrogen) atoms. The number of nitrogens with zero attached hydrogens (tertiary/aromatic N) is 1. The second-order valence-corrected chi connectivity index (χ2v) is 3.53. The lowest BCUT2D eigenvalue weighted by Crippen LogP contribution is -2.21. The van der Waals surface area contributed by atoms with Gasteiger partial charge in [-0.15, -0.1) is 0 Å². The van der Waals surface area contributed by atoms with E-state index in [1.807, 2.05) is 0 Å². The molecule has 1 aromatic carbocycles. The number of rotatable bonds is 4. The fourth-order valence-electron chi connectivity index (χ4n) is 1.38. The summed E-state index contributed by atoms with van der Waals surface area (Å²) in [6.45, 7) is 6.51. The van der Waals surface area contributed by atoms with Gasteiger partial charge in [0.25, 0.3) is 0 Å². The van der Waals surface area contributed by atoms with E-state index >= 15 is 0 Å². The van der Waals surface area contributed by atoms with Gasteiger partial charge in [-0.1, -0.05) is 28.1 Å². The molecule has 1 aromatic rings. The Balaban J connectivity index is 2.78. The Morgan fingerprint density at radius 1 is 1.08 bits per heavy atom. The van der Waals surface area contributed by atoms with Gasteiger partial charge < -0.3 is 4.90 Å². The molecule has 0 bridgehead atoms. The summed E-state index contributed by atoms with van der Waals surface area (Å²) in [5, 5.41) is 0.936. The standard InChI is InChI=1S/C11H16BrN/c1-3-13(4-2)11-7-5-10(9-12)6-8-11/h5-8H,3-4,9H2,1-2H3. The summed E-state index contributed by atoms with van der Waals surface area (Å²) in [4.78, 5) is 2.35. The van der Waals surface area contributed by atoms with Crippen molar-refractivity contribution in [3.63, 3.8) is 0 Å². The zero-order valence-electron chi connectivity index (χ0n) is 8.26. The smallest absolute Gasteiger partial charge is 0.0366 e. The number of hydrogen-bond acceptors (Lipinski definition) is 1. The predicted octanol–water partition coefficient (Wildman–Crippen LogP) is 3.43. The van der Waals surface area contributed by atoms with Gasteiger partial charge in [-0.3, -0.25) is 0 Å². The quantitative estimate of drug-likeness (QED) is 0.731. The van der Waals surface area contributed by atoms with Crippen LogP contribution < -0.4 is 4.90 Å². The Morgan fingerprint density at radius 3 is 2.00 bits per heavy atom. The summed E-state index contributed by atoms with van der Waals surface area (Å²) < 4.78 is 0. The molecular formula is C11H16BrN. The van der Waals surface area contributed by atoms with E-state index in [0.29, 0.717) is 0 Å². The maximum Gasteiger partial charge on any atom is 0.0366 e. The van der Waals surface area contributed by atoms with E-state index in [9.17, 15) is 0 Å². The van der Waals surface area contributed by atoms with Crippen molar-refractivity contribution in [2.45, 2.75) is 19.2 Å². The van der Waals surface area contributed by atoms with E-state index in [-0.39, 0.29) is 0 Å². The lowest BCUT2D eigenvalue weighted by molar-refractivity contribution is 0.866. The van der Waals surface area contributed by atoms with Crippen LogP contribution in [0.5, 0.6) is 0 Å². The summed E-state index contributed by atoms with van der Waals surface area (Å²) in [5.74, 6) is 0. The third kappa shape index (κ3) is 2.73. The lowest BCUT2D eigenvalue weighted by atomic mass is 10.2. The van der Waals surface area contributed by atoms with Gasteiger partial charge in [0.2, 0.25) is 0 Å². The van der Waals surface area contributed by atoms with E-state index in [4.69, 9.17) is 0 Å². The normalized spacial score (nSPS) is 10.1. The summed E-state index contributed by atoms with van der Waals surface area (Å²) in [7, 11) is 0. The first-order valence-corrected chi connectivity index (χ1v) is 5.83. The van der Waals surface area contributed by atoms with Gasteiger partial charge in [-0.05, 0) is 31.5 Å². The monoisotopic (exact) mass is 241 g/mol. The number of anilines is 1. The maximum absolute atomic E-state index is 3.44. The molecule has 1 nitrogen and oxygen atoms in total. The third-order valence-electron chi connectivity index (χ3n) is 2.22. The summed E-state index contributed by atoms with van der Waals surface area (Å²) in [6.07, 6.45) is 0. The molecule has 0 aliphatic rings. The fraction of sp³-hybridized carbons (Fsp3) is 0.455. The first kappa shape index (κ1) is 10.6. The molecular weight excluding hydrogens is 226 g/mol. The Morgan fingerprint density at radius 2 is 1.62 bits per heavy atom. The van der Waals surface area contributed by atoms with Crippen LogP contribution in [0.25, 0.3) is 0 Å². The average molecular weight is 242 g/mol. The van der Waals surface area contributed by atoms with E-state index < -0.39 is 0 Å². The first-order chi connectivity index (χ1) is 6.31. The molecule has 0 aliphatic carbocycles. The predicted molar refractivity (Wildman–Crippen MR) is 62.6 cm³/mol. The number of hydrogen-bond donors (Lipinski definition) is 0. The lowest BCUT2D eigenvalue weighted by Gasteiger charge is -2.20. The molecule has 0 amide bonds. The molecule has 0 heterocycles. The molecule has 0 N–H and O–H groups in total. The second-order valence-electron chi connectivity index (χ2n) is 2.97. The third-order valence-corrected chi connectivity index (χ3v) is 2.87. The molecule has 0 spiro atoms. The minimum Gasteiger partial charge on any atom is -0.372 e. The van der Waals surface area contributed by atoms with Crippen molar-refractivity contribution in [2.24, 2.45) is 0 Å². The van der Waals surface area contributed by atoms with E-state index in [2.05, 4.69) is 58.9 Å². The molecule has 2 heteroatoms. The molecule has 0 aliphatic heterocycles. The SMILES string of the molecule is CCN(CC)c1ccc(CBr)cc1. The molecule has 1 rings (SSSR count). The topological polar surface area (TPSA) is 3.24 Å². The van der Waals surface area contributed by atoms with Crippen molar-refractivity contribution >= 4 is 21.6 Å². The van der Waals surface area contributed by atoms with Gasteiger partial charge in [0.1, 0.15) is 0 Å². The number of alkyl halides is 1. The van der Waals surface area contributed by atoms with Gasteiger partial charge >= 0.3 is 0 Å². The zero-order chi connectivity index (χ0) is 9.68. The molecule has 0 unspecified atom stereocenters. The van der Waals surface area contributed by atoms with Crippen LogP contribution in [-0.4, -0.2) is 13.1 Å². The summed E-state index contributed by atoms with van der Waals surface area (Å²) in [6, 6.07) is 8.71. The van der Waals surface area contributed by atoms with Crippen LogP contribution in [0.2, 0.25) is 0 Å². The van der Waals surface area contributed by atoms with Crippen LogP contribution in [0.1, 0.15) is 19.4 Å². The van der Waals surface area contributed by atoms with Crippen molar-refractivity contribution in [3.8, 4) is 0 Å². The Hall–Kier alpha value is -0.500.